The maximum Gasteiger partial charge on any atom is -0.00488 e. The maximum absolute atomic E-state index is 3.73. The summed E-state index contributed by atoms with van der Waals surface area (Å²) >= 11 is 0. The van der Waals surface area contributed by atoms with Gasteiger partial charge in [0, 0.05) is 0 Å². The summed E-state index contributed by atoms with van der Waals surface area (Å²) in [6.45, 7) is 19.7. The predicted molar refractivity (Wildman–Crippen MR) is 211 cm³/mol. The van der Waals surface area contributed by atoms with Crippen molar-refractivity contribution in [3.8, 4) is 0 Å². The SMILES string of the molecule is CCCCCCCCC(C)CCCCCCNCCC[C@@H](C)CCCC(C)CCCCC(C)CCCC(C)CCCC1CC1CC. The van der Waals surface area contributed by atoms with Crippen molar-refractivity contribution >= 4 is 0 Å². The molecule has 0 aromatic carbocycles. The van der Waals surface area contributed by atoms with Crippen LogP contribution in [0.1, 0.15) is 235 Å². The Morgan fingerprint density at radius 1 is 0.391 bits per heavy atom. The summed E-state index contributed by atoms with van der Waals surface area (Å²) in [5, 5.41) is 3.73. The van der Waals surface area contributed by atoms with E-state index in [1.54, 1.807) is 0 Å². The van der Waals surface area contributed by atoms with Gasteiger partial charge in [-0.1, -0.05) is 209 Å². The summed E-state index contributed by atoms with van der Waals surface area (Å²) in [5.41, 5.74) is 0. The molecule has 1 aliphatic carbocycles. The number of hydrogen-bond acceptors (Lipinski definition) is 1. The molecule has 276 valence electrons. The summed E-state index contributed by atoms with van der Waals surface area (Å²) in [6, 6.07) is 0. The topological polar surface area (TPSA) is 12.0 Å². The Hall–Kier alpha value is -0.0400. The molecule has 1 saturated carbocycles. The largest absolute Gasteiger partial charge is 0.317 e. The van der Waals surface area contributed by atoms with E-state index >= 15 is 0 Å². The first-order chi connectivity index (χ1) is 22.3. The van der Waals surface area contributed by atoms with Gasteiger partial charge >= 0.3 is 0 Å². The molecule has 0 aromatic heterocycles. The van der Waals surface area contributed by atoms with Crippen LogP contribution in [0, 0.1) is 41.4 Å². The lowest BCUT2D eigenvalue weighted by molar-refractivity contribution is 0.372. The third-order valence-corrected chi connectivity index (χ3v) is 12.2. The molecule has 46 heavy (non-hydrogen) atoms. The van der Waals surface area contributed by atoms with E-state index in [1.165, 1.54) is 199 Å². The number of rotatable bonds is 36. The van der Waals surface area contributed by atoms with Gasteiger partial charge in [0.05, 0.1) is 0 Å². The zero-order chi connectivity index (χ0) is 33.7. The predicted octanol–water partition coefficient (Wildman–Crippen LogP) is 15.4. The maximum atomic E-state index is 3.73. The lowest BCUT2D eigenvalue weighted by Gasteiger charge is -2.16. The molecular weight excluding hydrogens is 555 g/mol. The lowest BCUT2D eigenvalue weighted by atomic mass is 9.90. The molecule has 6 unspecified atom stereocenters. The molecule has 1 fully saturated rings. The van der Waals surface area contributed by atoms with Gasteiger partial charge in [-0.15, -0.1) is 0 Å². The fourth-order valence-corrected chi connectivity index (χ4v) is 8.30. The van der Waals surface area contributed by atoms with Gasteiger partial charge in [0.2, 0.25) is 0 Å². The van der Waals surface area contributed by atoms with E-state index in [-0.39, 0.29) is 0 Å². The molecule has 1 N–H and O–H groups in total. The molecule has 0 bridgehead atoms. The minimum Gasteiger partial charge on any atom is -0.317 e. The van der Waals surface area contributed by atoms with Gasteiger partial charge < -0.3 is 5.32 Å². The average Bonchev–Trinajstić information content (AvgIpc) is 3.80. The molecule has 7 atom stereocenters. The highest BCUT2D eigenvalue weighted by Crippen LogP contribution is 2.44. The standard InChI is InChI=1S/C45H91N/c1-8-10-11-12-13-16-25-39(3)26-17-14-15-20-36-46-37-24-34-43(7)32-22-30-41(5)28-19-18-27-40(4)29-21-31-42(6)33-23-35-45-38-44(45)9-2/h39-46H,8-38H2,1-7H3/t39?,40?,41?,42?,43-,44?,45?/m0/s1. The smallest absolute Gasteiger partial charge is 0.00488 e. The fraction of sp³-hybridized carbons (Fsp3) is 1.00. The van der Waals surface area contributed by atoms with E-state index in [9.17, 15) is 0 Å². The van der Waals surface area contributed by atoms with Crippen molar-refractivity contribution < 1.29 is 0 Å². The summed E-state index contributed by atoms with van der Waals surface area (Å²) in [6.07, 6.45) is 42.1. The third-order valence-electron chi connectivity index (χ3n) is 12.2. The van der Waals surface area contributed by atoms with Crippen LogP contribution in [0.4, 0.5) is 0 Å². The Labute approximate surface area is 293 Å². The highest BCUT2D eigenvalue weighted by atomic mass is 14.8. The number of nitrogens with one attached hydrogen (secondary N) is 1. The molecule has 0 aromatic rings. The molecule has 0 saturated heterocycles. The summed E-state index contributed by atoms with van der Waals surface area (Å²) < 4.78 is 0. The van der Waals surface area contributed by atoms with Crippen molar-refractivity contribution in [1.82, 2.24) is 5.32 Å². The Kier molecular flexibility index (Phi) is 29.6. The van der Waals surface area contributed by atoms with Gasteiger partial charge in [-0.2, -0.15) is 0 Å². The van der Waals surface area contributed by atoms with Crippen molar-refractivity contribution in [2.75, 3.05) is 13.1 Å². The average molecular weight is 646 g/mol. The molecule has 0 aliphatic heterocycles. The Morgan fingerprint density at radius 3 is 1.24 bits per heavy atom. The molecule has 1 nitrogen and oxygen atoms in total. The first-order valence-electron chi connectivity index (χ1n) is 22.1. The first-order valence-corrected chi connectivity index (χ1v) is 22.1. The van der Waals surface area contributed by atoms with Crippen LogP contribution in [-0.2, 0) is 0 Å². The summed E-state index contributed by atoms with van der Waals surface area (Å²) in [5.74, 6) is 6.87. The van der Waals surface area contributed by atoms with E-state index < -0.39 is 0 Å². The lowest BCUT2D eigenvalue weighted by Crippen LogP contribution is -2.17. The molecule has 0 radical (unpaired) electrons. The molecule has 1 rings (SSSR count). The van der Waals surface area contributed by atoms with Crippen molar-refractivity contribution in [1.29, 1.82) is 0 Å². The summed E-state index contributed by atoms with van der Waals surface area (Å²) in [4.78, 5) is 0. The van der Waals surface area contributed by atoms with Gasteiger partial charge in [-0.3, -0.25) is 0 Å². The second-order valence-electron chi connectivity index (χ2n) is 17.4. The van der Waals surface area contributed by atoms with Crippen LogP contribution in [0.3, 0.4) is 0 Å². The van der Waals surface area contributed by atoms with E-state index in [0.29, 0.717) is 0 Å². The first kappa shape index (κ1) is 44.0. The van der Waals surface area contributed by atoms with Gasteiger partial charge in [-0.25, -0.2) is 0 Å². The second kappa shape index (κ2) is 31.0. The third kappa shape index (κ3) is 27.9. The van der Waals surface area contributed by atoms with Gasteiger partial charge in [-0.05, 0) is 80.2 Å². The molecule has 0 heterocycles. The normalized spacial score (nSPS) is 19.6. The number of unbranched alkanes of at least 4 members (excludes halogenated alkanes) is 9. The van der Waals surface area contributed by atoms with Crippen LogP contribution in [0.15, 0.2) is 0 Å². The monoisotopic (exact) mass is 646 g/mol. The van der Waals surface area contributed by atoms with Gasteiger partial charge in [0.1, 0.15) is 0 Å². The molecular formula is C45H91N. The summed E-state index contributed by atoms with van der Waals surface area (Å²) in [7, 11) is 0. The minimum absolute atomic E-state index is 0.905. The van der Waals surface area contributed by atoms with Crippen molar-refractivity contribution in [3.63, 3.8) is 0 Å². The highest BCUT2D eigenvalue weighted by Gasteiger charge is 2.34. The van der Waals surface area contributed by atoms with Crippen LogP contribution in [0.2, 0.25) is 0 Å². The second-order valence-corrected chi connectivity index (χ2v) is 17.4. The van der Waals surface area contributed by atoms with Crippen LogP contribution in [0.25, 0.3) is 0 Å². The zero-order valence-electron chi connectivity index (χ0n) is 33.5. The van der Waals surface area contributed by atoms with Crippen LogP contribution >= 0.6 is 0 Å². The van der Waals surface area contributed by atoms with E-state index in [0.717, 1.165) is 41.4 Å². The molecule has 0 amide bonds. The van der Waals surface area contributed by atoms with E-state index in [4.69, 9.17) is 0 Å². The molecule has 1 heteroatoms. The van der Waals surface area contributed by atoms with Crippen molar-refractivity contribution in [2.45, 2.75) is 235 Å². The fourth-order valence-electron chi connectivity index (χ4n) is 8.30. The Bertz CT molecular complexity index is 614. The number of hydrogen-bond donors (Lipinski definition) is 1. The van der Waals surface area contributed by atoms with Crippen molar-refractivity contribution in [2.24, 2.45) is 41.4 Å². The van der Waals surface area contributed by atoms with Crippen molar-refractivity contribution in [3.05, 3.63) is 0 Å². The Morgan fingerprint density at radius 2 is 0.761 bits per heavy atom. The molecule has 1 aliphatic rings. The van der Waals surface area contributed by atoms with Crippen LogP contribution in [0.5, 0.6) is 0 Å². The van der Waals surface area contributed by atoms with Gasteiger partial charge in [0.15, 0.2) is 0 Å². The molecule has 0 spiro atoms. The minimum atomic E-state index is 0.905. The zero-order valence-corrected chi connectivity index (χ0v) is 33.5. The van der Waals surface area contributed by atoms with Crippen LogP contribution < -0.4 is 5.32 Å². The Balaban J connectivity index is 1.81. The van der Waals surface area contributed by atoms with E-state index in [1.807, 2.05) is 0 Å². The van der Waals surface area contributed by atoms with Gasteiger partial charge in [0.25, 0.3) is 0 Å². The highest BCUT2D eigenvalue weighted by molar-refractivity contribution is 4.84. The quantitative estimate of drug-likeness (QED) is 0.0669. The van der Waals surface area contributed by atoms with Crippen LogP contribution in [-0.4, -0.2) is 13.1 Å². The van der Waals surface area contributed by atoms with E-state index in [2.05, 4.69) is 53.8 Å².